The predicted octanol–water partition coefficient (Wildman–Crippen LogP) is 1.46. The molecule has 0 aromatic heterocycles. The third-order valence-electron chi connectivity index (χ3n) is 7.27. The number of fused-ring (bicyclic) bond motifs is 3. The molecule has 3 amide bonds. The number of anilines is 2. The Morgan fingerprint density at radius 3 is 2.48 bits per heavy atom. The number of rotatable bonds is 3. The van der Waals surface area contributed by atoms with Crippen LogP contribution in [0, 0.1) is 0 Å². The first kappa shape index (κ1) is 22.2. The molecule has 0 radical (unpaired) electrons. The summed E-state index contributed by atoms with van der Waals surface area (Å²) >= 11 is 0. The average molecular weight is 457 g/mol. The topological polar surface area (TPSA) is 82.6 Å². The van der Waals surface area contributed by atoms with Crippen LogP contribution in [-0.2, 0) is 19.1 Å². The number of carbonyl (C=O) groups is 3. The van der Waals surface area contributed by atoms with Gasteiger partial charge in [0.15, 0.2) is 5.79 Å². The zero-order valence-corrected chi connectivity index (χ0v) is 19.4. The number of ether oxygens (including phenoxy) is 2. The Kier molecular flexibility index (Phi) is 5.78. The van der Waals surface area contributed by atoms with E-state index in [0.717, 1.165) is 31.5 Å². The van der Waals surface area contributed by atoms with Crippen molar-refractivity contribution in [2.45, 2.75) is 43.9 Å². The van der Waals surface area contributed by atoms with Crippen LogP contribution < -0.4 is 9.80 Å². The molecule has 3 fully saturated rings. The van der Waals surface area contributed by atoms with E-state index in [1.165, 1.54) is 4.90 Å². The van der Waals surface area contributed by atoms with Gasteiger partial charge in [0.25, 0.3) is 5.91 Å². The van der Waals surface area contributed by atoms with Gasteiger partial charge in [-0.1, -0.05) is 0 Å². The van der Waals surface area contributed by atoms with Crippen molar-refractivity contribution in [3.8, 4) is 0 Å². The molecule has 178 valence electrons. The molecule has 0 unspecified atom stereocenters. The second-order valence-electron chi connectivity index (χ2n) is 9.52. The Bertz CT molecular complexity index is 948. The van der Waals surface area contributed by atoms with Crippen molar-refractivity contribution in [1.82, 2.24) is 9.80 Å². The molecule has 4 heterocycles. The van der Waals surface area contributed by atoms with Crippen molar-refractivity contribution in [3.05, 3.63) is 23.8 Å². The lowest BCUT2D eigenvalue weighted by molar-refractivity contribution is -0.187. The third kappa shape index (κ3) is 3.97. The number of likely N-dealkylation sites (tertiary alicyclic amines) is 1. The average Bonchev–Trinajstić information content (AvgIpc) is 3.29. The first-order valence-corrected chi connectivity index (χ1v) is 11.9. The number of amides is 3. The van der Waals surface area contributed by atoms with Crippen molar-refractivity contribution in [3.63, 3.8) is 0 Å². The first-order valence-electron chi connectivity index (χ1n) is 11.9. The van der Waals surface area contributed by atoms with Gasteiger partial charge in [-0.05, 0) is 37.5 Å². The molecule has 0 N–H and O–H groups in total. The molecule has 1 atom stereocenters. The Morgan fingerprint density at radius 2 is 1.79 bits per heavy atom. The van der Waals surface area contributed by atoms with Crippen LogP contribution in [0.4, 0.5) is 11.4 Å². The second kappa shape index (κ2) is 8.61. The van der Waals surface area contributed by atoms with Crippen molar-refractivity contribution in [2.24, 2.45) is 0 Å². The molecule has 4 aliphatic heterocycles. The highest BCUT2D eigenvalue weighted by atomic mass is 16.7. The number of carbonyl (C=O) groups excluding carboxylic acids is 3. The minimum absolute atomic E-state index is 0.0233. The second-order valence-corrected chi connectivity index (χ2v) is 9.52. The largest absolute Gasteiger partial charge is 0.358 e. The summed E-state index contributed by atoms with van der Waals surface area (Å²) in [6, 6.07) is 5.25. The van der Waals surface area contributed by atoms with Crippen molar-refractivity contribution < 1.29 is 23.9 Å². The molecule has 5 rings (SSSR count). The van der Waals surface area contributed by atoms with Gasteiger partial charge in [0.2, 0.25) is 11.8 Å². The summed E-state index contributed by atoms with van der Waals surface area (Å²) in [6.45, 7) is 3.06. The molecule has 0 bridgehead atoms. The van der Waals surface area contributed by atoms with Crippen LogP contribution in [0.3, 0.4) is 0 Å². The molecule has 1 aromatic rings. The normalized spacial score (nSPS) is 24.0. The Balaban J connectivity index is 1.40. The fourth-order valence-electron chi connectivity index (χ4n) is 5.43. The molecule has 4 aliphatic rings. The summed E-state index contributed by atoms with van der Waals surface area (Å²) in [5.41, 5.74) is 2.08. The fourth-order valence-corrected chi connectivity index (χ4v) is 5.43. The summed E-state index contributed by atoms with van der Waals surface area (Å²) < 4.78 is 11.5. The van der Waals surface area contributed by atoms with Gasteiger partial charge in [-0.3, -0.25) is 19.3 Å². The number of nitrogens with zero attached hydrogens (tertiary/aromatic N) is 4. The van der Waals surface area contributed by atoms with E-state index in [2.05, 4.69) is 4.90 Å². The van der Waals surface area contributed by atoms with Gasteiger partial charge in [0.05, 0.1) is 24.6 Å². The van der Waals surface area contributed by atoms with Crippen molar-refractivity contribution >= 4 is 29.1 Å². The number of piperidine rings is 2. The minimum Gasteiger partial charge on any atom is -0.358 e. The van der Waals surface area contributed by atoms with Gasteiger partial charge < -0.3 is 24.2 Å². The van der Waals surface area contributed by atoms with E-state index < -0.39 is 5.79 Å². The number of hydrogen-bond acceptors (Lipinski definition) is 6. The van der Waals surface area contributed by atoms with E-state index in [-0.39, 0.29) is 30.3 Å². The van der Waals surface area contributed by atoms with Crippen LogP contribution in [0.15, 0.2) is 18.2 Å². The Morgan fingerprint density at radius 1 is 1.06 bits per heavy atom. The maximum atomic E-state index is 13.5. The first-order chi connectivity index (χ1) is 15.9. The van der Waals surface area contributed by atoms with Gasteiger partial charge in [-0.25, -0.2) is 0 Å². The molecule has 0 saturated carbocycles. The van der Waals surface area contributed by atoms with E-state index in [0.29, 0.717) is 50.4 Å². The quantitative estimate of drug-likeness (QED) is 0.685. The van der Waals surface area contributed by atoms with Crippen LogP contribution in [0.2, 0.25) is 0 Å². The molecule has 1 spiro atoms. The lowest BCUT2D eigenvalue weighted by Crippen LogP contribution is -2.58. The van der Waals surface area contributed by atoms with Crippen LogP contribution in [0.5, 0.6) is 0 Å². The predicted molar refractivity (Wildman–Crippen MR) is 122 cm³/mol. The molecule has 1 aromatic carbocycles. The zero-order valence-electron chi connectivity index (χ0n) is 19.4. The molecule has 3 saturated heterocycles. The van der Waals surface area contributed by atoms with Crippen LogP contribution in [0.25, 0.3) is 0 Å². The summed E-state index contributed by atoms with van der Waals surface area (Å²) in [4.78, 5) is 46.5. The van der Waals surface area contributed by atoms with Gasteiger partial charge in [-0.2, -0.15) is 0 Å². The van der Waals surface area contributed by atoms with E-state index in [1.807, 2.05) is 12.1 Å². The van der Waals surface area contributed by atoms with Gasteiger partial charge in [0, 0.05) is 52.1 Å². The maximum Gasteiger partial charge on any atom is 0.253 e. The van der Waals surface area contributed by atoms with Crippen LogP contribution >= 0.6 is 0 Å². The highest BCUT2D eigenvalue weighted by Crippen LogP contribution is 2.40. The minimum atomic E-state index is -0.547. The number of benzene rings is 1. The molecular weight excluding hydrogens is 424 g/mol. The molecule has 9 heteroatoms. The highest BCUT2D eigenvalue weighted by molar-refractivity contribution is 6.09. The lowest BCUT2D eigenvalue weighted by atomic mass is 9.95. The smallest absolute Gasteiger partial charge is 0.253 e. The van der Waals surface area contributed by atoms with Crippen molar-refractivity contribution in [2.75, 3.05) is 63.3 Å². The van der Waals surface area contributed by atoms with Gasteiger partial charge >= 0.3 is 0 Å². The zero-order chi connectivity index (χ0) is 23.2. The van der Waals surface area contributed by atoms with Crippen LogP contribution in [0.1, 0.15) is 42.5 Å². The molecule has 0 aliphatic carbocycles. The highest BCUT2D eigenvalue weighted by Gasteiger charge is 2.43. The standard InChI is InChI=1S/C24H32N4O5/c1-25(2)22(30)17-6-7-18-20(15-17)28(23(31)19-5-3-4-10-27(18)19)16-21(29)26-11-8-24(9-12-26)32-13-14-33-24/h6-7,15,19H,3-5,8-14,16H2,1-2H3/t19-/m0/s1. The molecule has 9 nitrogen and oxygen atoms in total. The van der Waals surface area contributed by atoms with Gasteiger partial charge in [-0.15, -0.1) is 0 Å². The summed E-state index contributed by atoms with van der Waals surface area (Å²) in [5.74, 6) is -0.819. The van der Waals surface area contributed by atoms with E-state index >= 15 is 0 Å². The maximum absolute atomic E-state index is 13.5. The Hall–Kier alpha value is -2.65. The van der Waals surface area contributed by atoms with Crippen LogP contribution in [-0.4, -0.2) is 92.8 Å². The van der Waals surface area contributed by atoms with E-state index in [1.54, 1.807) is 30.0 Å². The third-order valence-corrected chi connectivity index (χ3v) is 7.27. The van der Waals surface area contributed by atoms with Crippen molar-refractivity contribution in [1.29, 1.82) is 0 Å². The monoisotopic (exact) mass is 456 g/mol. The summed E-state index contributed by atoms with van der Waals surface area (Å²) in [5, 5.41) is 0. The molecular formula is C24H32N4O5. The molecule has 33 heavy (non-hydrogen) atoms. The van der Waals surface area contributed by atoms with E-state index in [4.69, 9.17) is 9.47 Å². The number of hydrogen-bond donors (Lipinski definition) is 0. The Labute approximate surface area is 194 Å². The fraction of sp³-hybridized carbons (Fsp3) is 0.625. The summed E-state index contributed by atoms with van der Waals surface area (Å²) in [6.07, 6.45) is 4.08. The SMILES string of the molecule is CN(C)C(=O)c1ccc2c(c1)N(CC(=O)N1CCC3(CC1)OCCO3)C(=O)[C@@H]1CCCCN21. The summed E-state index contributed by atoms with van der Waals surface area (Å²) in [7, 11) is 3.41. The van der Waals surface area contributed by atoms with E-state index in [9.17, 15) is 14.4 Å². The van der Waals surface area contributed by atoms with Gasteiger partial charge in [0.1, 0.15) is 12.6 Å². The lowest BCUT2D eigenvalue weighted by Gasteiger charge is -2.46.